The molecule has 0 spiro atoms. The summed E-state index contributed by atoms with van der Waals surface area (Å²) in [5.41, 5.74) is 0.586. The minimum absolute atomic E-state index is 0.00123. The van der Waals surface area contributed by atoms with Crippen LogP contribution in [0.25, 0.3) is 0 Å². The van der Waals surface area contributed by atoms with Gasteiger partial charge in [-0.25, -0.2) is 0 Å². The molecule has 0 aliphatic heterocycles. The first-order chi connectivity index (χ1) is 9.08. The molecule has 0 amide bonds. The highest BCUT2D eigenvalue weighted by Gasteiger charge is 2.22. The van der Waals surface area contributed by atoms with Crippen molar-refractivity contribution in [3.63, 3.8) is 0 Å². The molecule has 6 heteroatoms. The minimum atomic E-state index is -1.04. The zero-order chi connectivity index (χ0) is 14.3. The largest absolute Gasteiger partial charge is 0.391 e. The van der Waals surface area contributed by atoms with Gasteiger partial charge in [0.2, 0.25) is 5.78 Å². The molecule has 1 aromatic rings. The predicted molar refractivity (Wildman–Crippen MR) is 79.2 cm³/mol. The Morgan fingerprint density at radius 2 is 1.68 bits per heavy atom. The zero-order valence-corrected chi connectivity index (χ0v) is 12.5. The molecule has 0 heterocycles. The molecule has 2 N–H and O–H groups in total. The van der Waals surface area contributed by atoms with Crippen molar-refractivity contribution in [2.24, 2.45) is 0 Å². The molecule has 0 aliphatic carbocycles. The van der Waals surface area contributed by atoms with E-state index in [4.69, 9.17) is 10.2 Å². The lowest BCUT2D eigenvalue weighted by Crippen LogP contribution is -2.25. The SMILES string of the molecule is CS(=O)c1ccc(C(=O)C[S+](CCO)CCO)cc1. The number of rotatable bonds is 8. The second-order valence-electron chi connectivity index (χ2n) is 4.01. The Balaban J connectivity index is 2.68. The van der Waals surface area contributed by atoms with Crippen molar-refractivity contribution < 1.29 is 19.2 Å². The van der Waals surface area contributed by atoms with E-state index < -0.39 is 10.8 Å². The van der Waals surface area contributed by atoms with Crippen molar-refractivity contribution in [3.8, 4) is 0 Å². The van der Waals surface area contributed by atoms with Gasteiger partial charge in [-0.3, -0.25) is 9.00 Å². The molecule has 1 atom stereocenters. The van der Waals surface area contributed by atoms with E-state index in [0.29, 0.717) is 27.7 Å². The van der Waals surface area contributed by atoms with Crippen LogP contribution in [-0.2, 0) is 21.7 Å². The van der Waals surface area contributed by atoms with Gasteiger partial charge in [-0.05, 0) is 12.1 Å². The molecule has 4 nitrogen and oxygen atoms in total. The second-order valence-corrected chi connectivity index (χ2v) is 7.72. The Morgan fingerprint density at radius 3 is 2.11 bits per heavy atom. The molecule has 0 radical (unpaired) electrons. The number of carbonyl (C=O) groups excluding carboxylic acids is 1. The molecule has 19 heavy (non-hydrogen) atoms. The van der Waals surface area contributed by atoms with Crippen LogP contribution in [0, 0.1) is 0 Å². The van der Waals surface area contributed by atoms with Crippen LogP contribution in [0.2, 0.25) is 0 Å². The van der Waals surface area contributed by atoms with Crippen LogP contribution in [0.5, 0.6) is 0 Å². The third kappa shape index (κ3) is 5.44. The fraction of sp³-hybridized carbons (Fsp3) is 0.462. The van der Waals surface area contributed by atoms with Crippen LogP contribution in [0.15, 0.2) is 29.2 Å². The molecule has 1 aromatic carbocycles. The monoisotopic (exact) mass is 303 g/mol. The number of hydrogen-bond acceptors (Lipinski definition) is 4. The van der Waals surface area contributed by atoms with Gasteiger partial charge in [0.15, 0.2) is 5.75 Å². The van der Waals surface area contributed by atoms with Gasteiger partial charge in [-0.1, -0.05) is 12.1 Å². The van der Waals surface area contributed by atoms with Gasteiger partial charge in [0.25, 0.3) is 0 Å². The molecule has 106 valence electrons. The standard InChI is InChI=1S/C13H19O4S2/c1-18(17)12-4-2-11(3-5-12)13(16)10-19(8-6-14)9-7-15/h2-5,14-15H,6-10H2,1H3/q+1. The Bertz CT molecular complexity index is 425. The molecule has 0 fully saturated rings. The van der Waals surface area contributed by atoms with Crippen molar-refractivity contribution in [1.82, 2.24) is 0 Å². The molecular formula is C13H19O4S2+. The highest BCUT2D eigenvalue weighted by Crippen LogP contribution is 2.10. The van der Waals surface area contributed by atoms with Gasteiger partial charge in [-0.15, -0.1) is 0 Å². The number of aliphatic hydroxyl groups is 2. The number of hydrogen-bond donors (Lipinski definition) is 2. The maximum Gasteiger partial charge on any atom is 0.211 e. The maximum absolute atomic E-state index is 12.1. The number of carbonyl (C=O) groups is 1. The summed E-state index contributed by atoms with van der Waals surface area (Å²) in [5, 5.41) is 17.8. The van der Waals surface area contributed by atoms with E-state index in [9.17, 15) is 9.00 Å². The van der Waals surface area contributed by atoms with Crippen LogP contribution in [0.1, 0.15) is 10.4 Å². The molecule has 0 aliphatic rings. The highest BCUT2D eigenvalue weighted by atomic mass is 32.2. The fourth-order valence-electron chi connectivity index (χ4n) is 1.61. The van der Waals surface area contributed by atoms with Crippen molar-refractivity contribution in [2.75, 3.05) is 36.7 Å². The van der Waals surface area contributed by atoms with Crippen molar-refractivity contribution in [3.05, 3.63) is 29.8 Å². The van der Waals surface area contributed by atoms with E-state index in [2.05, 4.69) is 0 Å². The summed E-state index contributed by atoms with van der Waals surface area (Å²) in [7, 11) is -1.32. The maximum atomic E-state index is 12.1. The van der Waals surface area contributed by atoms with E-state index in [1.54, 1.807) is 30.5 Å². The third-order valence-electron chi connectivity index (χ3n) is 2.60. The molecule has 0 aromatic heterocycles. The third-order valence-corrected chi connectivity index (χ3v) is 5.73. The lowest BCUT2D eigenvalue weighted by Gasteiger charge is -2.06. The first-order valence-electron chi connectivity index (χ1n) is 5.91. The Morgan fingerprint density at radius 1 is 1.16 bits per heavy atom. The minimum Gasteiger partial charge on any atom is -0.391 e. The number of ketones is 1. The second kappa shape index (κ2) is 8.47. The fourth-order valence-corrected chi connectivity index (χ4v) is 3.67. The molecule has 1 unspecified atom stereocenters. The van der Waals surface area contributed by atoms with Crippen LogP contribution >= 0.6 is 0 Å². The quantitative estimate of drug-likeness (QED) is 0.532. The highest BCUT2D eigenvalue weighted by molar-refractivity contribution is 7.97. The van der Waals surface area contributed by atoms with Gasteiger partial charge in [-0.2, -0.15) is 0 Å². The van der Waals surface area contributed by atoms with Gasteiger partial charge in [0, 0.05) is 38.4 Å². The van der Waals surface area contributed by atoms with Gasteiger partial charge in [0.05, 0.1) is 13.2 Å². The van der Waals surface area contributed by atoms with E-state index in [-0.39, 0.29) is 29.9 Å². The normalized spacial score (nSPS) is 12.6. The smallest absolute Gasteiger partial charge is 0.211 e. The lowest BCUT2D eigenvalue weighted by atomic mass is 10.1. The average Bonchev–Trinajstić information content (AvgIpc) is 2.39. The summed E-state index contributed by atoms with van der Waals surface area (Å²) in [6.45, 7) is 0.0638. The summed E-state index contributed by atoms with van der Waals surface area (Å²) >= 11 is 0. The van der Waals surface area contributed by atoms with Gasteiger partial charge in [0.1, 0.15) is 11.5 Å². The summed E-state index contributed by atoms with van der Waals surface area (Å²) in [6.07, 6.45) is 1.59. The molecule has 0 saturated carbocycles. The van der Waals surface area contributed by atoms with Crippen molar-refractivity contribution in [1.29, 1.82) is 0 Å². The lowest BCUT2D eigenvalue weighted by molar-refractivity contribution is 0.102. The summed E-state index contributed by atoms with van der Waals surface area (Å²) < 4.78 is 11.2. The van der Waals surface area contributed by atoms with E-state index in [1.807, 2.05) is 0 Å². The first kappa shape index (κ1) is 16.4. The van der Waals surface area contributed by atoms with E-state index in [0.717, 1.165) is 0 Å². The van der Waals surface area contributed by atoms with Crippen LogP contribution in [0.3, 0.4) is 0 Å². The average molecular weight is 303 g/mol. The van der Waals surface area contributed by atoms with Gasteiger partial charge >= 0.3 is 0 Å². The Kier molecular flexibility index (Phi) is 7.30. The van der Waals surface area contributed by atoms with Crippen LogP contribution < -0.4 is 0 Å². The summed E-state index contributed by atoms with van der Waals surface area (Å²) in [5.74, 6) is 1.43. The number of aliphatic hydroxyl groups excluding tert-OH is 2. The number of Topliss-reactive ketones (excluding diaryl/α,β-unsaturated/α-hetero) is 1. The molecule has 0 saturated heterocycles. The molecule has 1 rings (SSSR count). The first-order valence-corrected chi connectivity index (χ1v) is 9.20. The van der Waals surface area contributed by atoms with Crippen molar-refractivity contribution >= 4 is 27.5 Å². The van der Waals surface area contributed by atoms with Crippen LogP contribution in [0.4, 0.5) is 0 Å². The molecular weight excluding hydrogens is 284 g/mol. The zero-order valence-electron chi connectivity index (χ0n) is 10.9. The summed E-state index contributed by atoms with van der Waals surface area (Å²) in [6, 6.07) is 6.75. The Hall–Kier alpha value is -0.690. The number of benzene rings is 1. The van der Waals surface area contributed by atoms with Crippen molar-refractivity contribution in [2.45, 2.75) is 4.90 Å². The molecule has 0 bridgehead atoms. The predicted octanol–water partition coefficient (Wildman–Crippen LogP) is 0.210. The van der Waals surface area contributed by atoms with Crippen LogP contribution in [-0.4, -0.2) is 56.9 Å². The van der Waals surface area contributed by atoms with Gasteiger partial charge < -0.3 is 10.2 Å². The topological polar surface area (TPSA) is 74.6 Å². The summed E-state index contributed by atoms with van der Waals surface area (Å²) in [4.78, 5) is 12.7. The Labute approximate surface area is 118 Å². The van der Waals surface area contributed by atoms with E-state index >= 15 is 0 Å². The van der Waals surface area contributed by atoms with E-state index in [1.165, 1.54) is 0 Å².